The van der Waals surface area contributed by atoms with E-state index >= 15 is 0 Å². The highest BCUT2D eigenvalue weighted by Gasteiger charge is 2.36. The molecule has 2 aromatic heterocycles. The second kappa shape index (κ2) is 7.18. The van der Waals surface area contributed by atoms with Crippen LogP contribution in [0.1, 0.15) is 43.8 Å². The van der Waals surface area contributed by atoms with Crippen molar-refractivity contribution in [1.29, 1.82) is 0 Å². The van der Waals surface area contributed by atoms with E-state index in [0.29, 0.717) is 19.8 Å². The Balaban J connectivity index is 1.64. The lowest BCUT2D eigenvalue weighted by Gasteiger charge is -2.42. The summed E-state index contributed by atoms with van der Waals surface area (Å²) in [6.45, 7) is 3.06. The van der Waals surface area contributed by atoms with Gasteiger partial charge < -0.3 is 19.1 Å². The number of aliphatic hydroxyl groups is 1. The Morgan fingerprint density at radius 2 is 2.12 bits per heavy atom. The molecule has 0 radical (unpaired) electrons. The number of fused-ring (bicyclic) bond motifs is 1. The predicted octanol–water partition coefficient (Wildman–Crippen LogP) is 2.47. The normalized spacial score (nSPS) is 24.0. The van der Waals surface area contributed by atoms with Crippen molar-refractivity contribution in [2.45, 2.75) is 43.7 Å². The molecule has 6 nitrogen and oxygen atoms in total. The number of piperidine rings is 1. The zero-order valence-electron chi connectivity index (χ0n) is 15.9. The summed E-state index contributed by atoms with van der Waals surface area (Å²) in [6, 6.07) is 4.44. The van der Waals surface area contributed by atoms with E-state index in [4.69, 9.17) is 9.72 Å². The quantitative estimate of drug-likeness (QED) is 0.910. The lowest BCUT2D eigenvalue weighted by molar-refractivity contribution is -0.0889. The third-order valence-electron chi connectivity index (χ3n) is 5.81. The largest absolute Gasteiger partial charge is 0.388 e. The molecule has 26 heavy (non-hydrogen) atoms. The first-order valence-corrected chi connectivity index (χ1v) is 9.75. The van der Waals surface area contributed by atoms with E-state index < -0.39 is 5.60 Å². The summed E-state index contributed by atoms with van der Waals surface area (Å²) in [5.41, 5.74) is 1.60. The first-order chi connectivity index (χ1) is 12.6. The average molecular weight is 358 g/mol. The van der Waals surface area contributed by atoms with Crippen LogP contribution in [0.4, 0.5) is 5.82 Å². The van der Waals surface area contributed by atoms with Crippen LogP contribution < -0.4 is 4.90 Å². The highest BCUT2D eigenvalue weighted by atomic mass is 16.5. The number of nitrogens with zero attached hydrogens (tertiary/aromatic N) is 4. The molecule has 142 valence electrons. The lowest BCUT2D eigenvalue weighted by atomic mass is 9.90. The van der Waals surface area contributed by atoms with Crippen molar-refractivity contribution in [2.75, 3.05) is 45.3 Å². The predicted molar refractivity (Wildman–Crippen MR) is 103 cm³/mol. The average Bonchev–Trinajstić information content (AvgIpc) is 3.10. The molecule has 0 aliphatic carbocycles. The molecule has 2 aromatic rings. The summed E-state index contributed by atoms with van der Waals surface area (Å²) in [4.78, 5) is 9.55. The fraction of sp³-hybridized carbons (Fsp3) is 0.650. The first kappa shape index (κ1) is 17.8. The van der Waals surface area contributed by atoms with Gasteiger partial charge in [-0.3, -0.25) is 4.90 Å². The molecule has 0 bridgehead atoms. The van der Waals surface area contributed by atoms with Gasteiger partial charge >= 0.3 is 0 Å². The van der Waals surface area contributed by atoms with Crippen LogP contribution in [0.15, 0.2) is 24.5 Å². The minimum Gasteiger partial charge on any atom is -0.388 e. The number of rotatable bonds is 4. The Bertz CT molecular complexity index is 751. The van der Waals surface area contributed by atoms with E-state index in [-0.39, 0.29) is 6.04 Å². The van der Waals surface area contributed by atoms with E-state index in [0.717, 1.165) is 42.8 Å². The summed E-state index contributed by atoms with van der Waals surface area (Å²) in [5.74, 6) is 1.00. The Morgan fingerprint density at radius 1 is 1.31 bits per heavy atom. The van der Waals surface area contributed by atoms with Gasteiger partial charge in [0.15, 0.2) is 5.82 Å². The Kier molecular flexibility index (Phi) is 4.90. The summed E-state index contributed by atoms with van der Waals surface area (Å²) in [6.07, 6.45) is 9.21. The number of ether oxygens (including phenoxy) is 1. The molecular weight excluding hydrogens is 328 g/mol. The van der Waals surface area contributed by atoms with Gasteiger partial charge in [-0.05, 0) is 31.5 Å². The fourth-order valence-electron chi connectivity index (χ4n) is 4.34. The number of hydrogen-bond acceptors (Lipinski definition) is 5. The number of hydrogen-bond donors (Lipinski definition) is 1. The van der Waals surface area contributed by atoms with Gasteiger partial charge in [0.05, 0.1) is 22.9 Å². The zero-order valence-corrected chi connectivity index (χ0v) is 15.9. The van der Waals surface area contributed by atoms with Crippen molar-refractivity contribution in [2.24, 2.45) is 0 Å². The molecule has 2 saturated heterocycles. The smallest absolute Gasteiger partial charge is 0.152 e. The molecule has 2 aliphatic rings. The molecule has 0 aromatic carbocycles. The minimum absolute atomic E-state index is 0.265. The molecule has 1 atom stereocenters. The van der Waals surface area contributed by atoms with Crippen LogP contribution in [-0.4, -0.2) is 65.4 Å². The Hall–Kier alpha value is -1.63. The van der Waals surface area contributed by atoms with Crippen molar-refractivity contribution in [3.05, 3.63) is 30.2 Å². The van der Waals surface area contributed by atoms with Crippen LogP contribution >= 0.6 is 0 Å². The maximum absolute atomic E-state index is 11.0. The standard InChI is InChI=1S/C20H30N4O2/c1-22(2)19-18-7-5-11-23(18)14-16(21-19)17-6-3-4-10-24(17)15-20(25)8-12-26-13-9-20/h5,7,11,14,17,25H,3-4,6,8-10,12-13,15H2,1-2H3/t17-/m1/s1. The molecule has 0 unspecified atom stereocenters. The minimum atomic E-state index is -0.629. The second-order valence-corrected chi connectivity index (χ2v) is 8.00. The molecule has 0 spiro atoms. The van der Waals surface area contributed by atoms with Crippen molar-refractivity contribution >= 4 is 11.3 Å². The maximum Gasteiger partial charge on any atom is 0.152 e. The first-order valence-electron chi connectivity index (χ1n) is 9.75. The highest BCUT2D eigenvalue weighted by molar-refractivity contribution is 5.69. The van der Waals surface area contributed by atoms with Crippen molar-refractivity contribution in [3.8, 4) is 0 Å². The summed E-state index contributed by atoms with van der Waals surface area (Å²) < 4.78 is 7.62. The monoisotopic (exact) mass is 358 g/mol. The summed E-state index contributed by atoms with van der Waals surface area (Å²) in [5, 5.41) is 11.0. The van der Waals surface area contributed by atoms with Crippen LogP contribution in [0, 0.1) is 0 Å². The molecule has 4 rings (SSSR count). The van der Waals surface area contributed by atoms with Crippen LogP contribution in [0.5, 0.6) is 0 Å². The topological polar surface area (TPSA) is 53.2 Å². The van der Waals surface area contributed by atoms with Gasteiger partial charge in [-0.1, -0.05) is 6.42 Å². The molecule has 4 heterocycles. The fourth-order valence-corrected chi connectivity index (χ4v) is 4.34. The van der Waals surface area contributed by atoms with Gasteiger partial charge in [0.1, 0.15) is 0 Å². The highest BCUT2D eigenvalue weighted by Crippen LogP contribution is 2.34. The van der Waals surface area contributed by atoms with Crippen LogP contribution in [-0.2, 0) is 4.74 Å². The Labute approximate surface area is 155 Å². The maximum atomic E-state index is 11.0. The Morgan fingerprint density at radius 3 is 2.88 bits per heavy atom. The van der Waals surface area contributed by atoms with E-state index in [2.05, 4.69) is 38.7 Å². The van der Waals surface area contributed by atoms with Crippen molar-refractivity contribution in [1.82, 2.24) is 14.3 Å². The van der Waals surface area contributed by atoms with Gasteiger partial charge in [-0.2, -0.15) is 0 Å². The summed E-state index contributed by atoms with van der Waals surface area (Å²) >= 11 is 0. The number of anilines is 1. The number of likely N-dealkylation sites (tertiary alicyclic amines) is 1. The van der Waals surface area contributed by atoms with Crippen LogP contribution in [0.25, 0.3) is 5.52 Å². The van der Waals surface area contributed by atoms with E-state index in [1.807, 2.05) is 14.1 Å². The second-order valence-electron chi connectivity index (χ2n) is 8.00. The third kappa shape index (κ3) is 3.46. The van der Waals surface area contributed by atoms with E-state index in [9.17, 15) is 5.11 Å². The number of β-amino-alcohol motifs (C(OH)–C–C–N with tert-alkyl or cyclic N) is 1. The van der Waals surface area contributed by atoms with Gasteiger partial charge in [-0.15, -0.1) is 0 Å². The van der Waals surface area contributed by atoms with Crippen LogP contribution in [0.2, 0.25) is 0 Å². The molecule has 2 fully saturated rings. The van der Waals surface area contributed by atoms with Crippen LogP contribution in [0.3, 0.4) is 0 Å². The molecule has 6 heteroatoms. The molecule has 2 aliphatic heterocycles. The zero-order chi connectivity index (χ0) is 18.1. The molecule has 0 amide bonds. The third-order valence-corrected chi connectivity index (χ3v) is 5.81. The van der Waals surface area contributed by atoms with Gasteiger partial charge in [0, 0.05) is 59.1 Å². The SMILES string of the molecule is CN(C)c1nc([C@H]2CCCCN2CC2(O)CCOCC2)cn2cccc12. The van der Waals surface area contributed by atoms with Crippen molar-refractivity contribution < 1.29 is 9.84 Å². The summed E-state index contributed by atoms with van der Waals surface area (Å²) in [7, 11) is 4.09. The van der Waals surface area contributed by atoms with E-state index in [1.54, 1.807) is 0 Å². The van der Waals surface area contributed by atoms with Gasteiger partial charge in [-0.25, -0.2) is 4.98 Å². The van der Waals surface area contributed by atoms with Gasteiger partial charge in [0.25, 0.3) is 0 Å². The number of aromatic nitrogens is 2. The molecule has 1 N–H and O–H groups in total. The van der Waals surface area contributed by atoms with Gasteiger partial charge in [0.2, 0.25) is 0 Å². The van der Waals surface area contributed by atoms with Crippen molar-refractivity contribution in [3.63, 3.8) is 0 Å². The lowest BCUT2D eigenvalue weighted by Crippen LogP contribution is -2.49. The molecule has 0 saturated carbocycles. The molecular formula is C20H30N4O2. The van der Waals surface area contributed by atoms with E-state index in [1.165, 1.54) is 12.8 Å².